The smallest absolute Gasteiger partial charge is 0.335 e. The van der Waals surface area contributed by atoms with Crippen molar-refractivity contribution < 1.29 is 9.53 Å². The predicted molar refractivity (Wildman–Crippen MR) is 194 cm³/mol. The third-order valence-electron chi connectivity index (χ3n) is 9.31. The fourth-order valence-corrected chi connectivity index (χ4v) is 6.73. The van der Waals surface area contributed by atoms with Crippen molar-refractivity contribution in [2.24, 2.45) is 5.92 Å². The number of carbonyl (C=O) groups is 1. The normalized spacial score (nSPS) is 21.9. The summed E-state index contributed by atoms with van der Waals surface area (Å²) >= 11 is 0. The van der Waals surface area contributed by atoms with Crippen LogP contribution in [0.25, 0.3) is 0 Å². The molecule has 0 bridgehead atoms. The lowest BCUT2D eigenvalue weighted by Gasteiger charge is -2.39. The molecule has 3 aliphatic carbocycles. The highest BCUT2D eigenvalue weighted by molar-refractivity contribution is 5.82. The molecular formula is C43H42N2O2. The molecule has 0 aromatic heterocycles. The number of benzene rings is 3. The second-order valence-corrected chi connectivity index (χ2v) is 12.8. The van der Waals surface area contributed by atoms with Crippen LogP contribution < -0.4 is 10.2 Å². The molecule has 4 heteroatoms. The molecule has 0 saturated carbocycles. The van der Waals surface area contributed by atoms with Gasteiger partial charge in [-0.15, -0.1) is 0 Å². The molecular weight excluding hydrogens is 576 g/mol. The van der Waals surface area contributed by atoms with Crippen LogP contribution in [-0.4, -0.2) is 12.0 Å². The maximum absolute atomic E-state index is 11.6. The third kappa shape index (κ3) is 7.26. The summed E-state index contributed by atoms with van der Waals surface area (Å²) in [5, 5.41) is 3.56. The van der Waals surface area contributed by atoms with E-state index in [1.54, 1.807) is 0 Å². The molecule has 0 spiro atoms. The summed E-state index contributed by atoms with van der Waals surface area (Å²) in [6.07, 6.45) is 17.4. The van der Waals surface area contributed by atoms with E-state index in [9.17, 15) is 4.79 Å². The van der Waals surface area contributed by atoms with Crippen LogP contribution in [0.5, 0.6) is 0 Å². The molecule has 0 radical (unpaired) electrons. The lowest BCUT2D eigenvalue weighted by molar-refractivity contribution is -0.133. The molecule has 0 aliphatic heterocycles. The van der Waals surface area contributed by atoms with E-state index in [1.165, 1.54) is 34.2 Å². The van der Waals surface area contributed by atoms with E-state index in [1.807, 2.05) is 18.2 Å². The van der Waals surface area contributed by atoms with Crippen LogP contribution in [0.1, 0.15) is 50.7 Å². The number of esters is 1. The van der Waals surface area contributed by atoms with Gasteiger partial charge in [0.05, 0.1) is 0 Å². The summed E-state index contributed by atoms with van der Waals surface area (Å²) in [7, 11) is 0. The molecule has 236 valence electrons. The molecule has 0 amide bonds. The van der Waals surface area contributed by atoms with Gasteiger partial charge in [0.1, 0.15) is 5.76 Å². The molecule has 1 N–H and O–H groups in total. The molecule has 3 aromatic carbocycles. The first-order chi connectivity index (χ1) is 22.8. The molecule has 0 heterocycles. The SMILES string of the molecule is C=CC(=O)OC1=CCC(C2=CCC(N(C3=C(C)CC(C)(c4ccc(Nc5ccccc5)c(C)c4)C=C3)c3ccccc3)CC#C2)C=C1. The standard InChI is InChI=1S/C43H42N2O2/c1-5-42(46)47-39-24-20-34(21-25-39)33-13-12-18-38(23-19-33)45(37-16-10-7-11-17-37)41-27-28-43(4,30-32(41)3)35-22-26-40(31(2)29-35)44-36-14-8-6-9-15-36/h5-11,14-17,19-20,22,24-29,34,38,44H,1,18,21,23,30H2,2-4H3. The van der Waals surface area contributed by atoms with Crippen LogP contribution >= 0.6 is 0 Å². The summed E-state index contributed by atoms with van der Waals surface area (Å²) in [5.41, 5.74) is 9.59. The highest BCUT2D eigenvalue weighted by Gasteiger charge is 2.32. The number of rotatable bonds is 9. The number of carbonyl (C=O) groups excluding carboxylic acids is 1. The number of aryl methyl sites for hydroxylation is 1. The van der Waals surface area contributed by atoms with Gasteiger partial charge in [0.25, 0.3) is 0 Å². The van der Waals surface area contributed by atoms with Gasteiger partial charge in [0, 0.05) is 58.2 Å². The van der Waals surface area contributed by atoms with E-state index < -0.39 is 5.97 Å². The van der Waals surface area contributed by atoms with E-state index in [2.05, 4.69) is 147 Å². The minimum absolute atomic E-state index is 0.109. The summed E-state index contributed by atoms with van der Waals surface area (Å²) in [6.45, 7) is 10.3. The second-order valence-electron chi connectivity index (χ2n) is 12.8. The Labute approximate surface area is 279 Å². The number of hydrogen-bond acceptors (Lipinski definition) is 4. The molecule has 3 atom stereocenters. The molecule has 3 aromatic rings. The lowest BCUT2D eigenvalue weighted by atomic mass is 9.73. The molecule has 3 unspecified atom stereocenters. The summed E-state index contributed by atoms with van der Waals surface area (Å²) in [4.78, 5) is 14.1. The fourth-order valence-electron chi connectivity index (χ4n) is 6.73. The zero-order valence-electron chi connectivity index (χ0n) is 27.5. The molecule has 4 nitrogen and oxygen atoms in total. The molecule has 6 rings (SSSR count). The lowest BCUT2D eigenvalue weighted by Crippen LogP contribution is -2.36. The van der Waals surface area contributed by atoms with Gasteiger partial charge in [0.15, 0.2) is 0 Å². The first-order valence-electron chi connectivity index (χ1n) is 16.4. The van der Waals surface area contributed by atoms with Gasteiger partial charge in [0.2, 0.25) is 0 Å². The first-order valence-corrected chi connectivity index (χ1v) is 16.4. The van der Waals surface area contributed by atoms with Crippen LogP contribution in [0.2, 0.25) is 0 Å². The van der Waals surface area contributed by atoms with Crippen molar-refractivity contribution in [2.45, 2.75) is 57.9 Å². The second kappa shape index (κ2) is 14.0. The largest absolute Gasteiger partial charge is 0.424 e. The van der Waals surface area contributed by atoms with Crippen LogP contribution in [-0.2, 0) is 14.9 Å². The molecule has 0 fully saturated rings. The highest BCUT2D eigenvalue weighted by Crippen LogP contribution is 2.41. The van der Waals surface area contributed by atoms with Crippen molar-refractivity contribution >= 4 is 23.0 Å². The van der Waals surface area contributed by atoms with Crippen molar-refractivity contribution in [1.29, 1.82) is 0 Å². The van der Waals surface area contributed by atoms with Crippen LogP contribution in [0.4, 0.5) is 17.1 Å². The quantitative estimate of drug-likeness (QED) is 0.147. The van der Waals surface area contributed by atoms with E-state index in [0.29, 0.717) is 5.76 Å². The third-order valence-corrected chi connectivity index (χ3v) is 9.31. The zero-order chi connectivity index (χ0) is 32.8. The summed E-state index contributed by atoms with van der Waals surface area (Å²) < 4.78 is 5.29. The monoisotopic (exact) mass is 618 g/mol. The first kappa shape index (κ1) is 31.7. The minimum Gasteiger partial charge on any atom is -0.424 e. The Hall–Kier alpha value is -5.27. The summed E-state index contributed by atoms with van der Waals surface area (Å²) in [5.74, 6) is 7.27. The average Bonchev–Trinajstić information content (AvgIpc) is 3.34. The number of hydrogen-bond donors (Lipinski definition) is 1. The van der Waals surface area contributed by atoms with E-state index in [4.69, 9.17) is 4.74 Å². The number of ether oxygens (including phenoxy) is 1. The van der Waals surface area contributed by atoms with Crippen molar-refractivity contribution in [3.63, 3.8) is 0 Å². The van der Waals surface area contributed by atoms with Crippen LogP contribution in [0.15, 0.2) is 151 Å². The Kier molecular flexibility index (Phi) is 9.45. The van der Waals surface area contributed by atoms with Gasteiger partial charge < -0.3 is 15.0 Å². The van der Waals surface area contributed by atoms with E-state index in [-0.39, 0.29) is 17.4 Å². The number of allylic oxidation sites excluding steroid dienone is 7. The van der Waals surface area contributed by atoms with Crippen LogP contribution in [0, 0.1) is 24.7 Å². The van der Waals surface area contributed by atoms with Gasteiger partial charge >= 0.3 is 5.97 Å². The Morgan fingerprint density at radius 3 is 2.45 bits per heavy atom. The zero-order valence-corrected chi connectivity index (χ0v) is 27.5. The van der Waals surface area contributed by atoms with E-state index in [0.717, 1.165) is 42.6 Å². The van der Waals surface area contributed by atoms with Gasteiger partial charge in [-0.2, -0.15) is 0 Å². The van der Waals surface area contributed by atoms with Gasteiger partial charge in [-0.1, -0.05) is 92.1 Å². The van der Waals surface area contributed by atoms with Gasteiger partial charge in [-0.3, -0.25) is 0 Å². The maximum Gasteiger partial charge on any atom is 0.335 e. The number of anilines is 3. The Morgan fingerprint density at radius 1 is 1.00 bits per heavy atom. The van der Waals surface area contributed by atoms with Gasteiger partial charge in [-0.05, 0) is 98.4 Å². The Morgan fingerprint density at radius 2 is 1.77 bits per heavy atom. The topological polar surface area (TPSA) is 41.6 Å². The van der Waals surface area contributed by atoms with E-state index >= 15 is 0 Å². The minimum atomic E-state index is -0.442. The average molecular weight is 619 g/mol. The fraction of sp³-hybridized carbons (Fsp3) is 0.233. The predicted octanol–water partition coefficient (Wildman–Crippen LogP) is 10.0. The highest BCUT2D eigenvalue weighted by atomic mass is 16.5. The Bertz CT molecular complexity index is 1870. The molecule has 3 aliphatic rings. The van der Waals surface area contributed by atoms with Crippen molar-refractivity contribution in [2.75, 3.05) is 10.2 Å². The van der Waals surface area contributed by atoms with Crippen molar-refractivity contribution in [3.05, 3.63) is 162 Å². The van der Waals surface area contributed by atoms with Crippen molar-refractivity contribution in [1.82, 2.24) is 0 Å². The number of para-hydroxylation sites is 2. The molecule has 0 saturated heterocycles. The van der Waals surface area contributed by atoms with Crippen LogP contribution in [0.3, 0.4) is 0 Å². The maximum atomic E-state index is 11.6. The Balaban J connectivity index is 1.22. The number of nitrogens with zero attached hydrogens (tertiary/aromatic N) is 1. The molecule has 47 heavy (non-hydrogen) atoms. The van der Waals surface area contributed by atoms with Gasteiger partial charge in [-0.25, -0.2) is 4.79 Å². The van der Waals surface area contributed by atoms with Crippen molar-refractivity contribution in [3.8, 4) is 11.8 Å². The summed E-state index contributed by atoms with van der Waals surface area (Å²) in [6, 6.07) is 28.0. The number of nitrogens with one attached hydrogen (secondary N) is 1.